The lowest BCUT2D eigenvalue weighted by Crippen LogP contribution is -1.94. The predicted octanol–water partition coefficient (Wildman–Crippen LogP) is 5.82. The minimum atomic E-state index is 0.0719. The highest BCUT2D eigenvalue weighted by molar-refractivity contribution is 6.23. The molecule has 4 aromatic carbocycles. The minimum absolute atomic E-state index is 0.0719. The van der Waals surface area contributed by atoms with E-state index in [2.05, 4.69) is 22.8 Å². The maximum Gasteiger partial charge on any atom is 0.102 e. The highest BCUT2D eigenvalue weighted by atomic mass is 14.8. The molecule has 0 aliphatic rings. The van der Waals surface area contributed by atoms with Crippen LogP contribution >= 0.6 is 0 Å². The van der Waals surface area contributed by atoms with Crippen molar-refractivity contribution in [2.75, 3.05) is 0 Å². The number of rotatable bonds is 2. The van der Waals surface area contributed by atoms with E-state index in [4.69, 9.17) is 0 Å². The Hall–Kier alpha value is -4.53. The summed E-state index contributed by atoms with van der Waals surface area (Å²) in [7, 11) is 0. The Morgan fingerprint density at radius 2 is 1.48 bits per heavy atom. The average Bonchev–Trinajstić information content (AvgIpc) is 2.76. The number of aliphatic imine (C=N–C) groups is 2. The summed E-state index contributed by atoms with van der Waals surface area (Å²) in [5, 5.41) is 33.8. The van der Waals surface area contributed by atoms with E-state index in [9.17, 15) is 15.8 Å². The normalized spacial score (nSPS) is 10.8. The molecule has 134 valence electrons. The first-order valence-electron chi connectivity index (χ1n) is 8.83. The summed E-state index contributed by atoms with van der Waals surface area (Å²) in [6, 6.07) is 19.7. The topological polar surface area (TPSA) is 96.1 Å². The molecule has 0 radical (unpaired) electrons. The van der Waals surface area contributed by atoms with E-state index in [1.54, 1.807) is 19.2 Å². The third-order valence-corrected chi connectivity index (χ3v) is 4.98. The third-order valence-electron chi connectivity index (χ3n) is 4.98. The lowest BCUT2D eigenvalue weighted by atomic mass is 9.89. The number of hydrogen-bond acceptors (Lipinski definition) is 5. The van der Waals surface area contributed by atoms with Gasteiger partial charge in [-0.15, -0.1) is 0 Å². The minimum Gasteiger partial charge on any atom is -0.262 e. The Balaban J connectivity index is 2.45. The number of benzene rings is 4. The van der Waals surface area contributed by atoms with Crippen LogP contribution in [0.3, 0.4) is 0 Å². The lowest BCUT2D eigenvalue weighted by molar-refractivity contribution is 1.41. The first-order chi connectivity index (χ1) is 14.2. The Bertz CT molecular complexity index is 1510. The van der Waals surface area contributed by atoms with Gasteiger partial charge in [-0.3, -0.25) is 9.98 Å². The van der Waals surface area contributed by atoms with Crippen molar-refractivity contribution in [3.63, 3.8) is 0 Å². The monoisotopic (exact) mass is 371 g/mol. The number of fused-ring (bicyclic) bond motifs is 4. The van der Waals surface area contributed by atoms with Crippen molar-refractivity contribution in [1.82, 2.24) is 0 Å². The zero-order valence-corrected chi connectivity index (χ0v) is 15.6. The molecule has 0 aliphatic carbocycles. The molecule has 5 heteroatoms. The second-order valence-corrected chi connectivity index (χ2v) is 6.42. The molecule has 0 amide bonds. The molecule has 0 unspecified atom stereocenters. The zero-order valence-electron chi connectivity index (χ0n) is 15.6. The SMILES string of the molecule is C=Nc1c(/N=C\C)c2cc(C#N)c(C#N)c(C#N)c2c2cc3ccccc3cc12. The molecule has 0 N–H and O–H groups in total. The van der Waals surface area contributed by atoms with Crippen LogP contribution in [0, 0.1) is 34.0 Å². The van der Waals surface area contributed by atoms with Crippen LogP contribution in [-0.2, 0) is 0 Å². The van der Waals surface area contributed by atoms with Crippen LogP contribution in [0.2, 0.25) is 0 Å². The molecule has 5 nitrogen and oxygen atoms in total. The van der Waals surface area contributed by atoms with Gasteiger partial charge in [-0.2, -0.15) is 15.8 Å². The Morgan fingerprint density at radius 3 is 2.03 bits per heavy atom. The van der Waals surface area contributed by atoms with Gasteiger partial charge in [0, 0.05) is 22.4 Å². The molecule has 0 heterocycles. The molecule has 0 spiro atoms. The quantitative estimate of drug-likeness (QED) is 0.252. The van der Waals surface area contributed by atoms with Gasteiger partial charge in [0.1, 0.15) is 18.2 Å². The van der Waals surface area contributed by atoms with Gasteiger partial charge in [0.05, 0.1) is 28.1 Å². The van der Waals surface area contributed by atoms with Crippen molar-refractivity contribution in [3.8, 4) is 18.2 Å². The second-order valence-electron chi connectivity index (χ2n) is 6.42. The van der Waals surface area contributed by atoms with Crippen molar-refractivity contribution in [1.29, 1.82) is 15.8 Å². The predicted molar refractivity (Wildman–Crippen MR) is 116 cm³/mol. The lowest BCUT2D eigenvalue weighted by Gasteiger charge is -2.15. The molecule has 0 fully saturated rings. The van der Waals surface area contributed by atoms with E-state index in [-0.39, 0.29) is 16.7 Å². The van der Waals surface area contributed by atoms with Crippen LogP contribution in [0.15, 0.2) is 52.4 Å². The molecule has 0 atom stereocenters. The van der Waals surface area contributed by atoms with Crippen LogP contribution < -0.4 is 0 Å². The largest absolute Gasteiger partial charge is 0.262 e. The summed E-state index contributed by atoms with van der Waals surface area (Å²) >= 11 is 0. The van der Waals surface area contributed by atoms with Crippen LogP contribution in [0.25, 0.3) is 32.3 Å². The van der Waals surface area contributed by atoms with E-state index in [1.807, 2.05) is 48.5 Å². The highest BCUT2D eigenvalue weighted by Crippen LogP contribution is 2.46. The molecule has 29 heavy (non-hydrogen) atoms. The van der Waals surface area contributed by atoms with Crippen LogP contribution in [0.5, 0.6) is 0 Å². The summed E-state index contributed by atoms with van der Waals surface area (Å²) in [4.78, 5) is 8.71. The molecular weight excluding hydrogens is 358 g/mol. The van der Waals surface area contributed by atoms with E-state index < -0.39 is 0 Å². The molecule has 0 aliphatic heterocycles. The van der Waals surface area contributed by atoms with Crippen LogP contribution in [0.1, 0.15) is 23.6 Å². The Morgan fingerprint density at radius 1 is 0.828 bits per heavy atom. The molecule has 0 saturated heterocycles. The Kier molecular flexibility index (Phi) is 4.24. The first kappa shape index (κ1) is 17.9. The molecular formula is C24H13N5. The van der Waals surface area contributed by atoms with Crippen molar-refractivity contribution in [3.05, 3.63) is 59.2 Å². The zero-order chi connectivity index (χ0) is 20.5. The molecule has 4 aromatic rings. The maximum absolute atomic E-state index is 9.90. The molecule has 4 rings (SSSR count). The van der Waals surface area contributed by atoms with Gasteiger partial charge < -0.3 is 0 Å². The smallest absolute Gasteiger partial charge is 0.102 e. The van der Waals surface area contributed by atoms with E-state index in [1.165, 1.54) is 0 Å². The molecule has 0 saturated carbocycles. The van der Waals surface area contributed by atoms with E-state index >= 15 is 0 Å². The summed E-state index contributed by atoms with van der Waals surface area (Å²) in [5.41, 5.74) is 1.48. The van der Waals surface area contributed by atoms with Gasteiger partial charge in [-0.1, -0.05) is 24.3 Å². The van der Waals surface area contributed by atoms with Crippen LogP contribution in [0.4, 0.5) is 11.4 Å². The van der Waals surface area contributed by atoms with Crippen LogP contribution in [-0.4, -0.2) is 12.9 Å². The van der Waals surface area contributed by atoms with Crippen molar-refractivity contribution in [2.45, 2.75) is 6.92 Å². The number of nitrogens with zero attached hydrogens (tertiary/aromatic N) is 5. The summed E-state index contributed by atoms with van der Waals surface area (Å²) in [6.45, 7) is 5.50. The third kappa shape index (κ3) is 2.52. The van der Waals surface area contributed by atoms with E-state index in [0.29, 0.717) is 22.1 Å². The van der Waals surface area contributed by atoms with Gasteiger partial charge in [0.2, 0.25) is 0 Å². The molecule has 0 bridgehead atoms. The number of nitriles is 3. The maximum atomic E-state index is 9.90. The van der Waals surface area contributed by atoms with Gasteiger partial charge in [-0.05, 0) is 48.0 Å². The summed E-state index contributed by atoms with van der Waals surface area (Å²) < 4.78 is 0. The van der Waals surface area contributed by atoms with E-state index in [0.717, 1.165) is 21.5 Å². The van der Waals surface area contributed by atoms with Gasteiger partial charge >= 0.3 is 0 Å². The fraction of sp³-hybridized carbons (Fsp3) is 0.0417. The van der Waals surface area contributed by atoms with Crippen molar-refractivity contribution in [2.24, 2.45) is 9.98 Å². The molecule has 0 aromatic heterocycles. The average molecular weight is 371 g/mol. The highest BCUT2D eigenvalue weighted by Gasteiger charge is 2.21. The van der Waals surface area contributed by atoms with Gasteiger partial charge in [0.15, 0.2) is 0 Å². The Labute approximate surface area is 167 Å². The standard InChI is InChI=1S/C24H13N5/c1-3-29-24-19-10-16(11-25)20(12-26)21(13-27)22(19)17-8-14-6-4-5-7-15(14)9-18(17)23(24)28-2/h3-10H,2H2,1H3/b29-3-. The van der Waals surface area contributed by atoms with Gasteiger partial charge in [0.25, 0.3) is 0 Å². The van der Waals surface area contributed by atoms with Crippen molar-refractivity contribution < 1.29 is 0 Å². The first-order valence-corrected chi connectivity index (χ1v) is 8.83. The summed E-state index contributed by atoms with van der Waals surface area (Å²) in [5.74, 6) is 0. The fourth-order valence-electron chi connectivity index (χ4n) is 3.78. The van der Waals surface area contributed by atoms with Gasteiger partial charge in [-0.25, -0.2) is 0 Å². The fourth-order valence-corrected chi connectivity index (χ4v) is 3.78. The summed E-state index contributed by atoms with van der Waals surface area (Å²) in [6.07, 6.45) is 1.63. The van der Waals surface area contributed by atoms with Crippen molar-refractivity contribution >= 4 is 56.6 Å². The number of hydrogen-bond donors (Lipinski definition) is 0. The second kappa shape index (κ2) is 6.89.